The highest BCUT2D eigenvalue weighted by Gasteiger charge is 2.38. The van der Waals surface area contributed by atoms with Gasteiger partial charge in [-0.1, -0.05) is 24.8 Å². The maximum atomic E-state index is 16.0. The van der Waals surface area contributed by atoms with Gasteiger partial charge in [0.2, 0.25) is 5.91 Å². The number of hydrogen-bond donors (Lipinski definition) is 0. The maximum Gasteiger partial charge on any atom is 0.417 e. The minimum absolute atomic E-state index is 0.0988. The smallest absolute Gasteiger partial charge is 0.349 e. The van der Waals surface area contributed by atoms with E-state index in [-0.39, 0.29) is 46.3 Å². The number of halogens is 5. The Morgan fingerprint density at radius 3 is 2.33 bits per heavy atom. The summed E-state index contributed by atoms with van der Waals surface area (Å²) in [4.78, 5) is 37.6. The molecule has 1 fully saturated rings. The molecule has 9 nitrogen and oxygen atoms in total. The molecule has 0 N–H and O–H groups in total. The van der Waals surface area contributed by atoms with Crippen molar-refractivity contribution in [2.75, 3.05) is 24.2 Å². The van der Waals surface area contributed by atoms with Gasteiger partial charge in [-0.2, -0.15) is 18.2 Å². The minimum Gasteiger partial charge on any atom is -0.349 e. The van der Waals surface area contributed by atoms with Gasteiger partial charge in [-0.05, 0) is 56.7 Å². The van der Waals surface area contributed by atoms with Gasteiger partial charge in [-0.15, -0.1) is 0 Å². The molecule has 2 aromatic heterocycles. The van der Waals surface area contributed by atoms with Crippen LogP contribution in [0.25, 0.3) is 28.0 Å². The van der Waals surface area contributed by atoms with Crippen LogP contribution in [0.3, 0.4) is 0 Å². The number of amides is 1. The number of alkyl halides is 3. The molecule has 0 unspecified atom stereocenters. The van der Waals surface area contributed by atoms with Crippen LogP contribution >= 0.6 is 0 Å². The van der Waals surface area contributed by atoms with Crippen LogP contribution in [0.15, 0.2) is 64.8 Å². The van der Waals surface area contributed by atoms with Crippen molar-refractivity contribution in [2.24, 2.45) is 0 Å². The van der Waals surface area contributed by atoms with E-state index in [1.807, 2.05) is 0 Å². The molecular formula is C31H28F5N5O4S. The Kier molecular flexibility index (Phi) is 8.26. The summed E-state index contributed by atoms with van der Waals surface area (Å²) in [6, 6.07) is 6.16. The first kappa shape index (κ1) is 32.7. The van der Waals surface area contributed by atoms with E-state index in [1.165, 1.54) is 25.1 Å². The third kappa shape index (κ3) is 5.63. The first-order valence-electron chi connectivity index (χ1n) is 13.9. The molecule has 0 radical (unpaired) electrons. The molecule has 0 bridgehead atoms. The van der Waals surface area contributed by atoms with E-state index < -0.39 is 67.9 Å². The van der Waals surface area contributed by atoms with Gasteiger partial charge in [0.15, 0.2) is 21.3 Å². The number of nitrogens with zero attached hydrogens (tertiary/aromatic N) is 5. The van der Waals surface area contributed by atoms with Crippen LogP contribution in [0.4, 0.5) is 27.8 Å². The normalized spacial score (nSPS) is 17.4. The van der Waals surface area contributed by atoms with Gasteiger partial charge in [0, 0.05) is 31.4 Å². The summed E-state index contributed by atoms with van der Waals surface area (Å²) in [5, 5.41) is -0.156. The van der Waals surface area contributed by atoms with Crippen molar-refractivity contribution in [3.05, 3.63) is 88.4 Å². The standard InChI is InChI=1S/C31H28F5N5O4S/c1-6-24(42)39-14-18(4)40(15-17(39)3)28-19-13-22(33)26(25-20(31(34,35)36)10-8-11-21(25)32)37-29(19)41(30(43)38-28)27-16(2)9-7-12-23(27)46(5,44)45/h6-13,17-18H,1,14-15H2,2-5H3/t17-,18-/m0/s1. The Hall–Kier alpha value is -4.66. The largest absolute Gasteiger partial charge is 0.417 e. The molecule has 46 heavy (non-hydrogen) atoms. The number of piperazine rings is 1. The Balaban J connectivity index is 1.90. The number of benzene rings is 2. The summed E-state index contributed by atoms with van der Waals surface area (Å²) in [5.41, 5.74) is -5.18. The molecule has 1 amide bonds. The monoisotopic (exact) mass is 661 g/mol. The molecule has 0 aliphatic carbocycles. The van der Waals surface area contributed by atoms with Crippen LogP contribution in [0.1, 0.15) is 25.0 Å². The third-order valence-corrected chi connectivity index (χ3v) is 9.03. The molecule has 2 atom stereocenters. The number of fused-ring (bicyclic) bond motifs is 1. The van der Waals surface area contributed by atoms with Crippen LogP contribution in [-0.2, 0) is 20.8 Å². The summed E-state index contributed by atoms with van der Waals surface area (Å²) in [7, 11) is -4.01. The second-order valence-electron chi connectivity index (χ2n) is 11.1. The zero-order chi connectivity index (χ0) is 33.9. The van der Waals surface area contributed by atoms with Gasteiger partial charge >= 0.3 is 11.9 Å². The molecule has 0 spiro atoms. The zero-order valence-corrected chi connectivity index (χ0v) is 25.9. The van der Waals surface area contributed by atoms with E-state index in [2.05, 4.69) is 16.5 Å². The fourth-order valence-electron chi connectivity index (χ4n) is 5.77. The van der Waals surface area contributed by atoms with Gasteiger partial charge in [-0.3, -0.25) is 4.79 Å². The van der Waals surface area contributed by atoms with Crippen LogP contribution in [0.2, 0.25) is 0 Å². The quantitative estimate of drug-likeness (QED) is 0.217. The number of carbonyl (C=O) groups excluding carboxylic acids is 1. The second kappa shape index (κ2) is 11.6. The van der Waals surface area contributed by atoms with E-state index in [4.69, 9.17) is 0 Å². The molecule has 3 heterocycles. The number of sulfone groups is 1. The van der Waals surface area contributed by atoms with Crippen molar-refractivity contribution in [3.8, 4) is 16.9 Å². The van der Waals surface area contributed by atoms with E-state index in [9.17, 15) is 31.2 Å². The van der Waals surface area contributed by atoms with Gasteiger partial charge in [0.1, 0.15) is 17.3 Å². The van der Waals surface area contributed by atoms with Crippen LogP contribution in [0, 0.1) is 18.6 Å². The third-order valence-electron chi connectivity index (χ3n) is 7.90. The van der Waals surface area contributed by atoms with Gasteiger partial charge in [0.25, 0.3) is 0 Å². The minimum atomic E-state index is -5.10. The lowest BCUT2D eigenvalue weighted by Crippen LogP contribution is -2.58. The molecule has 1 aliphatic heterocycles. The Bertz CT molecular complexity index is 2080. The van der Waals surface area contributed by atoms with Crippen molar-refractivity contribution < 1.29 is 35.2 Å². The van der Waals surface area contributed by atoms with Crippen molar-refractivity contribution in [3.63, 3.8) is 0 Å². The highest BCUT2D eigenvalue weighted by molar-refractivity contribution is 7.90. The molecule has 15 heteroatoms. The SMILES string of the molecule is C=CC(=O)N1C[C@H](C)N(c2nc(=O)n(-c3c(C)cccc3S(C)(=O)=O)c3nc(-c4c(F)cccc4C(F)(F)F)c(F)cc23)C[C@@H]1C. The Morgan fingerprint density at radius 1 is 1.02 bits per heavy atom. The van der Waals surface area contributed by atoms with E-state index in [0.717, 1.165) is 35.1 Å². The highest BCUT2D eigenvalue weighted by Crippen LogP contribution is 2.40. The lowest BCUT2D eigenvalue weighted by Gasteiger charge is -2.44. The number of hydrogen-bond acceptors (Lipinski definition) is 7. The Labute approximate surface area is 260 Å². The van der Waals surface area contributed by atoms with Gasteiger partial charge in [-0.25, -0.2) is 31.5 Å². The van der Waals surface area contributed by atoms with Crippen LogP contribution < -0.4 is 10.6 Å². The maximum absolute atomic E-state index is 16.0. The zero-order valence-electron chi connectivity index (χ0n) is 25.1. The molecule has 0 saturated carbocycles. The first-order chi connectivity index (χ1) is 21.4. The lowest BCUT2D eigenvalue weighted by molar-refractivity contribution is -0.137. The predicted octanol–water partition coefficient (Wildman–Crippen LogP) is 5.07. The fourth-order valence-corrected chi connectivity index (χ4v) is 6.70. The van der Waals surface area contributed by atoms with Gasteiger partial charge < -0.3 is 9.80 Å². The van der Waals surface area contributed by atoms with Crippen molar-refractivity contribution in [1.29, 1.82) is 0 Å². The topological polar surface area (TPSA) is 105 Å². The van der Waals surface area contributed by atoms with Crippen molar-refractivity contribution in [1.82, 2.24) is 19.4 Å². The molecule has 5 rings (SSSR count). The molecule has 1 saturated heterocycles. The average Bonchev–Trinajstić information content (AvgIpc) is 2.96. The first-order valence-corrected chi connectivity index (χ1v) is 15.8. The molecule has 4 aromatic rings. The van der Waals surface area contributed by atoms with Crippen molar-refractivity contribution >= 4 is 32.6 Å². The number of pyridine rings is 1. The van der Waals surface area contributed by atoms with Crippen LogP contribution in [-0.4, -0.2) is 65.2 Å². The summed E-state index contributed by atoms with van der Waals surface area (Å²) in [6.07, 6.45) is -3.04. The number of para-hydroxylation sites is 1. The summed E-state index contributed by atoms with van der Waals surface area (Å²) >= 11 is 0. The van der Waals surface area contributed by atoms with Crippen LogP contribution in [0.5, 0.6) is 0 Å². The summed E-state index contributed by atoms with van der Waals surface area (Å²) in [5.74, 6) is -3.19. The average molecular weight is 662 g/mol. The second-order valence-corrected chi connectivity index (χ2v) is 13.1. The van der Waals surface area contributed by atoms with E-state index in [0.29, 0.717) is 6.07 Å². The van der Waals surface area contributed by atoms with E-state index in [1.54, 1.807) is 23.6 Å². The molecule has 1 aliphatic rings. The summed E-state index contributed by atoms with van der Waals surface area (Å²) < 4.78 is 99.6. The number of carbonyl (C=O) groups is 1. The number of rotatable bonds is 5. The number of aryl methyl sites for hydroxylation is 1. The highest BCUT2D eigenvalue weighted by atomic mass is 32.2. The molecule has 242 valence electrons. The van der Waals surface area contributed by atoms with E-state index >= 15 is 8.78 Å². The van der Waals surface area contributed by atoms with Crippen molar-refractivity contribution in [2.45, 2.75) is 43.9 Å². The van der Waals surface area contributed by atoms with Gasteiger partial charge in [0.05, 0.1) is 27.1 Å². The molecular weight excluding hydrogens is 633 g/mol. The number of anilines is 1. The number of aromatic nitrogens is 3. The lowest BCUT2D eigenvalue weighted by atomic mass is 10.0. The predicted molar refractivity (Wildman–Crippen MR) is 162 cm³/mol. The Morgan fingerprint density at radius 2 is 1.70 bits per heavy atom. The summed E-state index contributed by atoms with van der Waals surface area (Å²) in [6.45, 7) is 8.75. The fraction of sp³-hybridized carbons (Fsp3) is 0.290. The molecule has 2 aromatic carbocycles.